The maximum Gasteiger partial charge on any atom is 0.123 e. The summed E-state index contributed by atoms with van der Waals surface area (Å²) in [6.45, 7) is 1.87. The van der Waals surface area contributed by atoms with E-state index < -0.39 is 0 Å². The third-order valence-corrected chi connectivity index (χ3v) is 2.19. The normalized spacial score (nSPS) is 13.1. The molecule has 72 valence electrons. The summed E-state index contributed by atoms with van der Waals surface area (Å²) in [4.78, 5) is 4.19. The van der Waals surface area contributed by atoms with E-state index >= 15 is 0 Å². The largest absolute Gasteiger partial charge is 0.323 e. The first-order valence-corrected chi connectivity index (χ1v) is 4.48. The van der Waals surface area contributed by atoms with Crippen molar-refractivity contribution in [2.24, 2.45) is 5.73 Å². The number of pyridine rings is 1. The van der Waals surface area contributed by atoms with Gasteiger partial charge in [0.2, 0.25) is 0 Å². The molecule has 0 saturated heterocycles. The summed E-state index contributed by atoms with van der Waals surface area (Å²) in [5.74, 6) is -0.237. The van der Waals surface area contributed by atoms with E-state index in [0.29, 0.717) is 0 Å². The maximum atomic E-state index is 12.9. The molecule has 0 aliphatic rings. The molecule has 1 aromatic heterocycles. The second kappa shape index (κ2) is 3.35. The van der Waals surface area contributed by atoms with Crippen molar-refractivity contribution in [3.63, 3.8) is 0 Å². The first-order valence-electron chi connectivity index (χ1n) is 4.48. The first kappa shape index (κ1) is 9.09. The molecule has 2 nitrogen and oxygen atoms in total. The Kier molecular flexibility index (Phi) is 2.17. The summed E-state index contributed by atoms with van der Waals surface area (Å²) in [6.07, 6.45) is 1.65. The van der Waals surface area contributed by atoms with E-state index in [9.17, 15) is 4.39 Å². The Morgan fingerprint density at radius 2 is 2.14 bits per heavy atom. The molecule has 0 bridgehead atoms. The van der Waals surface area contributed by atoms with Crippen molar-refractivity contribution in [1.29, 1.82) is 0 Å². The molecule has 0 amide bonds. The second-order valence-corrected chi connectivity index (χ2v) is 3.35. The molecule has 0 radical (unpaired) electrons. The smallest absolute Gasteiger partial charge is 0.123 e. The summed E-state index contributed by atoms with van der Waals surface area (Å²) in [7, 11) is 0. The summed E-state index contributed by atoms with van der Waals surface area (Å²) >= 11 is 0. The van der Waals surface area contributed by atoms with E-state index in [1.165, 1.54) is 12.1 Å². The zero-order valence-corrected chi connectivity index (χ0v) is 7.87. The van der Waals surface area contributed by atoms with Gasteiger partial charge in [-0.2, -0.15) is 0 Å². The molecule has 1 unspecified atom stereocenters. The second-order valence-electron chi connectivity index (χ2n) is 3.35. The Hall–Kier alpha value is -1.48. The van der Waals surface area contributed by atoms with E-state index in [0.717, 1.165) is 16.5 Å². The van der Waals surface area contributed by atoms with Crippen LogP contribution in [0.4, 0.5) is 4.39 Å². The Bertz CT molecular complexity index is 466. The van der Waals surface area contributed by atoms with Crippen molar-refractivity contribution in [3.05, 3.63) is 42.0 Å². The van der Waals surface area contributed by atoms with Gasteiger partial charge in [0.1, 0.15) is 5.82 Å². The molecular weight excluding hydrogens is 179 g/mol. The number of fused-ring (bicyclic) bond motifs is 1. The van der Waals surface area contributed by atoms with Crippen molar-refractivity contribution in [2.45, 2.75) is 13.0 Å². The van der Waals surface area contributed by atoms with Crippen molar-refractivity contribution >= 4 is 10.8 Å². The number of aromatic nitrogens is 1. The summed E-state index contributed by atoms with van der Waals surface area (Å²) in [5.41, 5.74) is 6.57. The molecule has 0 aliphatic carbocycles. The fraction of sp³-hybridized carbons (Fsp3) is 0.182. The molecule has 0 spiro atoms. The summed E-state index contributed by atoms with van der Waals surface area (Å²) in [6, 6.07) is 6.28. The predicted octanol–water partition coefficient (Wildman–Crippen LogP) is 2.39. The van der Waals surface area contributed by atoms with Crippen LogP contribution in [0.25, 0.3) is 10.8 Å². The lowest BCUT2D eigenvalue weighted by molar-refractivity contribution is 0.629. The Labute approximate surface area is 81.6 Å². The molecule has 0 aliphatic heterocycles. The minimum Gasteiger partial charge on any atom is -0.323 e. The van der Waals surface area contributed by atoms with Gasteiger partial charge in [-0.05, 0) is 36.6 Å². The number of rotatable bonds is 1. The van der Waals surface area contributed by atoms with Gasteiger partial charge < -0.3 is 5.73 Å². The van der Waals surface area contributed by atoms with Gasteiger partial charge in [0.15, 0.2) is 0 Å². The predicted molar refractivity (Wildman–Crippen MR) is 54.3 cm³/mol. The van der Waals surface area contributed by atoms with Gasteiger partial charge >= 0.3 is 0 Å². The Morgan fingerprint density at radius 1 is 1.36 bits per heavy atom. The maximum absolute atomic E-state index is 12.9. The van der Waals surface area contributed by atoms with Crippen molar-refractivity contribution in [2.75, 3.05) is 0 Å². The van der Waals surface area contributed by atoms with Gasteiger partial charge in [-0.15, -0.1) is 0 Å². The van der Waals surface area contributed by atoms with Crippen molar-refractivity contribution < 1.29 is 4.39 Å². The lowest BCUT2D eigenvalue weighted by Gasteiger charge is -2.08. The van der Waals surface area contributed by atoms with Crippen LogP contribution in [0.15, 0.2) is 30.5 Å². The molecule has 1 heterocycles. The van der Waals surface area contributed by atoms with Gasteiger partial charge in [0.25, 0.3) is 0 Å². The average molecular weight is 190 g/mol. The fourth-order valence-electron chi connectivity index (χ4n) is 1.54. The van der Waals surface area contributed by atoms with Gasteiger partial charge in [-0.1, -0.05) is 0 Å². The van der Waals surface area contributed by atoms with Crippen LogP contribution in [0, 0.1) is 5.82 Å². The molecule has 0 saturated carbocycles. The zero-order valence-electron chi connectivity index (χ0n) is 7.87. The number of nitrogens with two attached hydrogens (primary N) is 1. The van der Waals surface area contributed by atoms with E-state index in [1.54, 1.807) is 18.3 Å². The molecular formula is C11H11FN2. The highest BCUT2D eigenvalue weighted by atomic mass is 19.1. The van der Waals surface area contributed by atoms with Crippen molar-refractivity contribution in [3.8, 4) is 0 Å². The summed E-state index contributed by atoms with van der Waals surface area (Å²) in [5, 5.41) is 1.76. The third kappa shape index (κ3) is 1.46. The molecule has 2 N–H and O–H groups in total. The zero-order chi connectivity index (χ0) is 10.1. The van der Waals surface area contributed by atoms with Crippen LogP contribution in [0.3, 0.4) is 0 Å². The number of halogens is 1. The monoisotopic (exact) mass is 190 g/mol. The average Bonchev–Trinajstić information content (AvgIpc) is 2.16. The van der Waals surface area contributed by atoms with Gasteiger partial charge in [-0.3, -0.25) is 4.98 Å². The van der Waals surface area contributed by atoms with Crippen LogP contribution in [0.1, 0.15) is 18.7 Å². The van der Waals surface area contributed by atoms with Crippen LogP contribution in [0.5, 0.6) is 0 Å². The van der Waals surface area contributed by atoms with Crippen LogP contribution in [0.2, 0.25) is 0 Å². The van der Waals surface area contributed by atoms with Crippen molar-refractivity contribution in [1.82, 2.24) is 4.98 Å². The molecule has 0 fully saturated rings. The minimum atomic E-state index is -0.237. The molecule has 2 rings (SSSR count). The SMILES string of the molecule is CC(N)c1nccc2cc(F)ccc12. The quantitative estimate of drug-likeness (QED) is 0.749. The van der Waals surface area contributed by atoms with Crippen LogP contribution >= 0.6 is 0 Å². The van der Waals surface area contributed by atoms with E-state index in [4.69, 9.17) is 5.73 Å². The number of benzene rings is 1. The van der Waals surface area contributed by atoms with E-state index in [-0.39, 0.29) is 11.9 Å². The Morgan fingerprint density at radius 3 is 2.86 bits per heavy atom. The lowest BCUT2D eigenvalue weighted by Crippen LogP contribution is -2.07. The van der Waals surface area contributed by atoms with Crippen LogP contribution in [-0.4, -0.2) is 4.98 Å². The van der Waals surface area contributed by atoms with Crippen LogP contribution < -0.4 is 5.73 Å². The molecule has 1 aromatic carbocycles. The Balaban J connectivity index is 2.75. The van der Waals surface area contributed by atoms with Gasteiger partial charge in [0, 0.05) is 17.6 Å². The number of hydrogen-bond donors (Lipinski definition) is 1. The molecule has 14 heavy (non-hydrogen) atoms. The lowest BCUT2D eigenvalue weighted by atomic mass is 10.1. The molecule has 1 atom stereocenters. The van der Waals surface area contributed by atoms with E-state index in [1.807, 2.05) is 6.92 Å². The topological polar surface area (TPSA) is 38.9 Å². The van der Waals surface area contributed by atoms with Gasteiger partial charge in [-0.25, -0.2) is 4.39 Å². The summed E-state index contributed by atoms with van der Waals surface area (Å²) < 4.78 is 12.9. The standard InChI is InChI=1S/C11H11FN2/c1-7(13)11-10-3-2-9(12)6-8(10)4-5-14-11/h2-7H,13H2,1H3. The highest BCUT2D eigenvalue weighted by Gasteiger charge is 2.06. The fourth-order valence-corrected chi connectivity index (χ4v) is 1.54. The number of hydrogen-bond acceptors (Lipinski definition) is 2. The minimum absolute atomic E-state index is 0.135. The van der Waals surface area contributed by atoms with E-state index in [2.05, 4.69) is 4.98 Å². The highest BCUT2D eigenvalue weighted by Crippen LogP contribution is 2.21. The van der Waals surface area contributed by atoms with Crippen LogP contribution in [-0.2, 0) is 0 Å². The molecule has 2 aromatic rings. The number of nitrogens with zero attached hydrogens (tertiary/aromatic N) is 1. The third-order valence-electron chi connectivity index (χ3n) is 2.19. The highest BCUT2D eigenvalue weighted by molar-refractivity contribution is 5.84. The first-order chi connectivity index (χ1) is 6.68. The van der Waals surface area contributed by atoms with Gasteiger partial charge in [0.05, 0.1) is 5.69 Å². The molecule has 3 heteroatoms.